The monoisotopic (exact) mass is 1040 g/mol. The van der Waals surface area contributed by atoms with E-state index in [2.05, 4.69) is 25.8 Å². The highest BCUT2D eigenvalue weighted by molar-refractivity contribution is 5.69. The van der Waals surface area contributed by atoms with Crippen molar-refractivity contribution in [2.75, 3.05) is 75.5 Å². The summed E-state index contributed by atoms with van der Waals surface area (Å²) in [4.78, 5) is 27.7. The summed E-state index contributed by atoms with van der Waals surface area (Å²) in [5.74, 6) is 8.56. The summed E-state index contributed by atoms with van der Waals surface area (Å²) in [5, 5.41) is 1.86. The fourth-order valence-electron chi connectivity index (χ4n) is 9.73. The molecule has 4 aliphatic rings. The lowest BCUT2D eigenvalue weighted by atomic mass is 9.94. The van der Waals surface area contributed by atoms with Gasteiger partial charge in [-0.25, -0.2) is 9.80 Å². The molecule has 0 saturated carbocycles. The number of likely N-dealkylation sites (tertiary alicyclic amines) is 1. The van der Waals surface area contributed by atoms with E-state index >= 15 is 0 Å². The van der Waals surface area contributed by atoms with Crippen molar-refractivity contribution < 1.29 is 54.8 Å². The molecule has 2 atom stereocenters. The van der Waals surface area contributed by atoms with E-state index in [9.17, 15) is 31.1 Å². The Balaban J connectivity index is 0.000000219. The number of alkyl halides is 6. The summed E-state index contributed by atoms with van der Waals surface area (Å²) < 4.78 is 105. The van der Waals surface area contributed by atoms with Gasteiger partial charge in [-0.05, 0) is 132 Å². The predicted molar refractivity (Wildman–Crippen MR) is 271 cm³/mol. The zero-order chi connectivity index (χ0) is 52.7. The van der Waals surface area contributed by atoms with Crippen molar-refractivity contribution in [2.24, 2.45) is 17.7 Å². The summed E-state index contributed by atoms with van der Waals surface area (Å²) in [6, 6.07) is 14.6. The summed E-state index contributed by atoms with van der Waals surface area (Å²) in [6.45, 7) is 13.7. The molecule has 4 aromatic rings. The average molecular weight is 1040 g/mol. The van der Waals surface area contributed by atoms with E-state index in [1.807, 2.05) is 44.2 Å². The van der Waals surface area contributed by atoms with Gasteiger partial charge in [0, 0.05) is 64.6 Å². The Hall–Kier alpha value is -5.37. The van der Waals surface area contributed by atoms with Gasteiger partial charge in [0.1, 0.15) is 30.3 Å². The van der Waals surface area contributed by atoms with E-state index in [4.69, 9.17) is 29.5 Å². The van der Waals surface area contributed by atoms with Crippen LogP contribution in [0.15, 0.2) is 85.5 Å². The number of hydrogen-bond donors (Lipinski definition) is 1. The molecule has 4 fully saturated rings. The number of nitrogens with two attached hydrogens (primary N) is 1. The Morgan fingerprint density at radius 3 is 1.45 bits per heavy atom. The zero-order valence-electron chi connectivity index (χ0n) is 42.9. The van der Waals surface area contributed by atoms with E-state index in [1.165, 1.54) is 24.3 Å². The van der Waals surface area contributed by atoms with Gasteiger partial charge >= 0.3 is 18.4 Å². The summed E-state index contributed by atoms with van der Waals surface area (Å²) in [6.07, 6.45) is 8.32. The van der Waals surface area contributed by atoms with Crippen LogP contribution in [0.25, 0.3) is 0 Å². The first-order valence-corrected chi connectivity index (χ1v) is 26.0. The molecule has 0 aliphatic carbocycles. The minimum absolute atomic E-state index is 0.0179. The molecule has 406 valence electrons. The second-order valence-corrected chi connectivity index (χ2v) is 20.8. The van der Waals surface area contributed by atoms with Crippen molar-refractivity contribution in [2.45, 2.75) is 128 Å². The number of aromatic nitrogens is 2. The molecule has 0 radical (unpaired) electrons. The molecule has 1 amide bonds. The third-order valence-corrected chi connectivity index (χ3v) is 14.1. The lowest BCUT2D eigenvalue weighted by Crippen LogP contribution is -2.42. The predicted octanol–water partition coefficient (Wildman–Crippen LogP) is 11.3. The summed E-state index contributed by atoms with van der Waals surface area (Å²) in [7, 11) is 0. The fourth-order valence-corrected chi connectivity index (χ4v) is 9.73. The summed E-state index contributed by atoms with van der Waals surface area (Å²) >= 11 is 0. The van der Waals surface area contributed by atoms with Gasteiger partial charge in [-0.1, -0.05) is 24.3 Å². The van der Waals surface area contributed by atoms with Crippen LogP contribution in [0, 0.1) is 11.8 Å². The van der Waals surface area contributed by atoms with Gasteiger partial charge in [0.2, 0.25) is 0 Å². The van der Waals surface area contributed by atoms with E-state index in [0.717, 1.165) is 149 Å². The molecule has 4 aliphatic heterocycles. The molecule has 0 spiro atoms. The molecule has 13 nitrogen and oxygen atoms in total. The number of halogens is 6. The van der Waals surface area contributed by atoms with Crippen LogP contribution < -0.4 is 25.1 Å². The maximum atomic E-state index is 12.7. The first-order chi connectivity index (χ1) is 35.4. The van der Waals surface area contributed by atoms with Gasteiger partial charge in [-0.15, -0.1) is 0 Å². The van der Waals surface area contributed by atoms with Crippen molar-refractivity contribution >= 4 is 17.5 Å². The van der Waals surface area contributed by atoms with Crippen LogP contribution in [0.5, 0.6) is 11.5 Å². The molecular weight excluding hydrogens is 969 g/mol. The number of ether oxygens (including phenoxy) is 5. The zero-order valence-corrected chi connectivity index (χ0v) is 42.9. The van der Waals surface area contributed by atoms with Gasteiger partial charge < -0.3 is 38.4 Å². The third-order valence-electron chi connectivity index (χ3n) is 14.1. The topological polar surface area (TPSA) is 128 Å². The maximum absolute atomic E-state index is 12.7. The number of benzene rings is 2. The molecule has 4 saturated heterocycles. The second-order valence-electron chi connectivity index (χ2n) is 20.8. The van der Waals surface area contributed by atoms with Crippen LogP contribution in [0.2, 0.25) is 0 Å². The number of anilines is 2. The highest BCUT2D eigenvalue weighted by atomic mass is 19.4. The van der Waals surface area contributed by atoms with E-state index in [0.29, 0.717) is 63.8 Å². The standard InChI is InChI=1S/C30H40F3N3O4.C25H33F3N4O2/c1-29(2,3)40-28(37)36-13-4-5-25(36)21-39-27-17-26(18-34-19-27)35-14-10-22(11-15-35)12-16-38-20-23-6-8-24(9-7-23)30(31,32)33;26-25(27,28)21-5-3-20(4-6-21)17-33-13-9-19-7-11-31(12-8-19)23-14-24(16-30-15-23)34-18-22-2-1-10-32(22)29/h6-9,17-19,22,25H,4-5,10-16,20-21H2,1-3H3;3-6,14-16,19,22H,1-2,7-13,17-18,29H2/t25-;22-/m00/s1. The first-order valence-electron chi connectivity index (χ1n) is 26.0. The van der Waals surface area contributed by atoms with Crippen LogP contribution in [0.4, 0.5) is 42.5 Å². The van der Waals surface area contributed by atoms with E-state index in [-0.39, 0.29) is 18.2 Å². The number of amides is 1. The number of piperidine rings is 2. The Labute approximate surface area is 431 Å². The van der Waals surface area contributed by atoms with Gasteiger partial charge in [0.15, 0.2) is 0 Å². The lowest BCUT2D eigenvalue weighted by Gasteiger charge is -2.33. The van der Waals surface area contributed by atoms with Crippen LogP contribution in [-0.2, 0) is 39.8 Å². The number of carbonyl (C=O) groups is 1. The minimum atomic E-state index is -4.32. The van der Waals surface area contributed by atoms with Gasteiger partial charge in [0.05, 0.1) is 72.6 Å². The number of pyridine rings is 2. The minimum Gasteiger partial charge on any atom is -0.490 e. The van der Waals surface area contributed by atoms with Gasteiger partial charge in [-0.3, -0.25) is 15.8 Å². The van der Waals surface area contributed by atoms with Crippen molar-refractivity contribution in [1.82, 2.24) is 19.9 Å². The van der Waals surface area contributed by atoms with Crippen molar-refractivity contribution in [3.8, 4) is 11.5 Å². The molecule has 74 heavy (non-hydrogen) atoms. The molecule has 6 heterocycles. The lowest BCUT2D eigenvalue weighted by molar-refractivity contribution is -0.138. The number of hydrazine groups is 1. The van der Waals surface area contributed by atoms with Crippen molar-refractivity contribution in [1.29, 1.82) is 0 Å². The van der Waals surface area contributed by atoms with Crippen molar-refractivity contribution in [3.63, 3.8) is 0 Å². The van der Waals surface area contributed by atoms with Crippen LogP contribution in [0.3, 0.4) is 0 Å². The van der Waals surface area contributed by atoms with E-state index < -0.39 is 29.1 Å². The molecule has 2 N–H and O–H groups in total. The number of carbonyl (C=O) groups excluding carboxylic acids is 1. The Bertz CT molecular complexity index is 2320. The largest absolute Gasteiger partial charge is 0.490 e. The second kappa shape index (κ2) is 26.4. The Morgan fingerprint density at radius 1 is 0.595 bits per heavy atom. The maximum Gasteiger partial charge on any atom is 0.416 e. The fraction of sp³-hybridized carbons (Fsp3) is 0.582. The van der Waals surface area contributed by atoms with Crippen molar-refractivity contribution in [3.05, 3.63) is 108 Å². The molecular formula is C55H73F6N7O6. The average Bonchev–Trinajstić information content (AvgIpc) is 4.04. The van der Waals surface area contributed by atoms with Gasteiger partial charge in [0.25, 0.3) is 0 Å². The number of rotatable bonds is 18. The Kier molecular flexibility index (Phi) is 20.1. The molecule has 0 bridgehead atoms. The molecule has 2 aromatic carbocycles. The van der Waals surface area contributed by atoms with E-state index in [1.54, 1.807) is 17.3 Å². The SMILES string of the molecule is CC(C)(C)OC(=O)N1CCC[C@H]1COc1cncc(N2CCC(CCOCc3ccc(C(F)(F)F)cc3)CC2)c1.NN1CCC[C@H]1COc1cncc(N2CCC(CCOCc3ccc(C(F)(F)F)cc3)CC2)c1. The van der Waals surface area contributed by atoms with Crippen LogP contribution in [0.1, 0.15) is 107 Å². The van der Waals surface area contributed by atoms with Crippen LogP contribution in [-0.4, -0.2) is 109 Å². The molecule has 8 rings (SSSR count). The molecule has 2 aromatic heterocycles. The highest BCUT2D eigenvalue weighted by Crippen LogP contribution is 2.33. The number of nitrogens with zero attached hydrogens (tertiary/aromatic N) is 6. The Morgan fingerprint density at radius 2 is 1.03 bits per heavy atom. The quantitative estimate of drug-likeness (QED) is 0.0579. The molecule has 19 heteroatoms. The van der Waals surface area contributed by atoms with Gasteiger partial charge in [-0.2, -0.15) is 26.3 Å². The normalized spacial score (nSPS) is 19.4. The van der Waals surface area contributed by atoms with Crippen LogP contribution >= 0.6 is 0 Å². The number of hydrogen-bond acceptors (Lipinski definition) is 12. The molecule has 0 unspecified atom stereocenters. The smallest absolute Gasteiger partial charge is 0.416 e. The third kappa shape index (κ3) is 17.6. The first kappa shape index (κ1) is 56.4. The summed E-state index contributed by atoms with van der Waals surface area (Å²) in [5.41, 5.74) is 1.78. The highest BCUT2D eigenvalue weighted by Gasteiger charge is 2.34.